The van der Waals surface area contributed by atoms with E-state index in [1.807, 2.05) is 6.92 Å². The molecule has 0 bridgehead atoms. The molecule has 156 valence electrons. The highest BCUT2D eigenvalue weighted by Gasteiger charge is 2.39. The van der Waals surface area contributed by atoms with Gasteiger partial charge >= 0.3 is 0 Å². The predicted octanol–water partition coefficient (Wildman–Crippen LogP) is 3.00. The lowest BCUT2D eigenvalue weighted by molar-refractivity contribution is -0.124. The van der Waals surface area contributed by atoms with Gasteiger partial charge in [-0.1, -0.05) is 37.0 Å². The number of hydrogen-bond donors (Lipinski definition) is 1. The predicted molar refractivity (Wildman–Crippen MR) is 109 cm³/mol. The lowest BCUT2D eigenvalue weighted by Gasteiger charge is -2.24. The molecule has 28 heavy (non-hydrogen) atoms. The van der Waals surface area contributed by atoms with Gasteiger partial charge in [-0.15, -0.1) is 0 Å². The maximum Gasteiger partial charge on any atom is 0.243 e. The molecule has 1 aromatic rings. The van der Waals surface area contributed by atoms with Crippen molar-refractivity contribution in [2.24, 2.45) is 0 Å². The van der Waals surface area contributed by atoms with E-state index in [2.05, 4.69) is 5.32 Å². The van der Waals surface area contributed by atoms with E-state index < -0.39 is 16.1 Å². The van der Waals surface area contributed by atoms with E-state index in [1.54, 1.807) is 24.3 Å². The van der Waals surface area contributed by atoms with Crippen molar-refractivity contribution >= 4 is 15.9 Å². The molecule has 0 radical (unpaired) electrons. The van der Waals surface area contributed by atoms with Crippen molar-refractivity contribution in [1.82, 2.24) is 9.62 Å². The molecule has 2 fully saturated rings. The van der Waals surface area contributed by atoms with Crippen LogP contribution in [0.4, 0.5) is 0 Å². The maximum atomic E-state index is 12.9. The summed E-state index contributed by atoms with van der Waals surface area (Å²) in [6.07, 6.45) is 8.46. The van der Waals surface area contributed by atoms with E-state index in [0.29, 0.717) is 38.6 Å². The van der Waals surface area contributed by atoms with E-state index >= 15 is 0 Å². The first-order valence-corrected chi connectivity index (χ1v) is 11.9. The molecule has 0 spiro atoms. The molecule has 1 aliphatic heterocycles. The fourth-order valence-electron chi connectivity index (χ4n) is 4.02. The number of benzene rings is 1. The Morgan fingerprint density at radius 3 is 2.54 bits per heavy atom. The summed E-state index contributed by atoms with van der Waals surface area (Å²) in [4.78, 5) is 12.8. The van der Waals surface area contributed by atoms with Crippen LogP contribution in [-0.4, -0.2) is 50.5 Å². The van der Waals surface area contributed by atoms with Gasteiger partial charge < -0.3 is 10.1 Å². The molecule has 2 aliphatic rings. The lowest BCUT2D eigenvalue weighted by atomic mass is 9.98. The van der Waals surface area contributed by atoms with E-state index in [9.17, 15) is 13.2 Å². The molecule has 3 rings (SSSR count). The van der Waals surface area contributed by atoms with Crippen molar-refractivity contribution in [1.29, 1.82) is 0 Å². The zero-order chi connectivity index (χ0) is 20.0. The van der Waals surface area contributed by atoms with Crippen LogP contribution in [0.2, 0.25) is 0 Å². The molecular weight excluding hydrogens is 376 g/mol. The highest BCUT2D eigenvalue weighted by atomic mass is 32.2. The van der Waals surface area contributed by atoms with Crippen LogP contribution in [0.5, 0.6) is 0 Å². The first-order valence-electron chi connectivity index (χ1n) is 10.5. The van der Waals surface area contributed by atoms with E-state index in [-0.39, 0.29) is 10.8 Å². The SMILES string of the molecule is Cc1ccc(S(=O)(=O)N2CCCC2C(=O)NCCCOC2CCCCC2)cc1. The average molecular weight is 409 g/mol. The van der Waals surface area contributed by atoms with Crippen LogP contribution in [0.3, 0.4) is 0 Å². The molecule has 1 atom stereocenters. The molecule has 1 saturated carbocycles. The Bertz CT molecular complexity index is 742. The van der Waals surface area contributed by atoms with Gasteiger partial charge in [0.15, 0.2) is 0 Å². The number of carbonyl (C=O) groups is 1. The molecule has 1 unspecified atom stereocenters. The highest BCUT2D eigenvalue weighted by molar-refractivity contribution is 7.89. The van der Waals surface area contributed by atoms with Gasteiger partial charge in [0.05, 0.1) is 11.0 Å². The van der Waals surface area contributed by atoms with Gasteiger partial charge in [-0.2, -0.15) is 4.31 Å². The smallest absolute Gasteiger partial charge is 0.243 e. The Labute approximate surface area is 168 Å². The van der Waals surface area contributed by atoms with Gasteiger partial charge in [-0.05, 0) is 51.2 Å². The zero-order valence-corrected chi connectivity index (χ0v) is 17.5. The Morgan fingerprint density at radius 2 is 1.82 bits per heavy atom. The molecule has 6 nitrogen and oxygen atoms in total. The molecule has 7 heteroatoms. The maximum absolute atomic E-state index is 12.9. The van der Waals surface area contributed by atoms with Crippen LogP contribution in [0.1, 0.15) is 56.9 Å². The van der Waals surface area contributed by atoms with E-state index in [1.165, 1.54) is 23.6 Å². The topological polar surface area (TPSA) is 75.7 Å². The van der Waals surface area contributed by atoms with Crippen molar-refractivity contribution in [2.45, 2.75) is 75.3 Å². The summed E-state index contributed by atoms with van der Waals surface area (Å²) in [5.41, 5.74) is 1.00. The fraction of sp³-hybridized carbons (Fsp3) is 0.667. The van der Waals surface area contributed by atoms with Gasteiger partial charge in [0.2, 0.25) is 15.9 Å². The molecule has 1 aromatic carbocycles. The number of hydrogen-bond acceptors (Lipinski definition) is 4. The van der Waals surface area contributed by atoms with Crippen LogP contribution < -0.4 is 5.32 Å². The number of nitrogens with zero attached hydrogens (tertiary/aromatic N) is 1. The second-order valence-electron chi connectivity index (χ2n) is 7.86. The number of nitrogens with one attached hydrogen (secondary N) is 1. The largest absolute Gasteiger partial charge is 0.378 e. The van der Waals surface area contributed by atoms with Crippen LogP contribution in [-0.2, 0) is 19.6 Å². The number of sulfonamides is 1. The molecule has 1 heterocycles. The molecule has 1 amide bonds. The van der Waals surface area contributed by atoms with Crippen molar-refractivity contribution in [2.75, 3.05) is 19.7 Å². The Kier molecular flexibility index (Phi) is 7.48. The normalized spacial score (nSPS) is 21.7. The summed E-state index contributed by atoms with van der Waals surface area (Å²) >= 11 is 0. The van der Waals surface area contributed by atoms with Gasteiger partial charge in [0.25, 0.3) is 0 Å². The summed E-state index contributed by atoms with van der Waals surface area (Å²) < 4.78 is 33.1. The van der Waals surface area contributed by atoms with Crippen LogP contribution >= 0.6 is 0 Å². The van der Waals surface area contributed by atoms with Gasteiger partial charge in [0.1, 0.15) is 6.04 Å². The average Bonchev–Trinajstić information content (AvgIpc) is 3.20. The van der Waals surface area contributed by atoms with E-state index in [4.69, 9.17) is 4.74 Å². The molecule has 1 aliphatic carbocycles. The van der Waals surface area contributed by atoms with Gasteiger partial charge in [0, 0.05) is 19.7 Å². The monoisotopic (exact) mass is 408 g/mol. The summed E-state index contributed by atoms with van der Waals surface area (Å²) in [6, 6.07) is 6.17. The van der Waals surface area contributed by atoms with E-state index in [0.717, 1.165) is 24.8 Å². The number of aryl methyl sites for hydroxylation is 1. The number of ether oxygens (including phenoxy) is 1. The highest BCUT2D eigenvalue weighted by Crippen LogP contribution is 2.26. The first-order chi connectivity index (χ1) is 13.5. The van der Waals surface area contributed by atoms with Gasteiger partial charge in [-0.25, -0.2) is 8.42 Å². The lowest BCUT2D eigenvalue weighted by Crippen LogP contribution is -2.46. The van der Waals surface area contributed by atoms with Crippen molar-refractivity contribution in [3.63, 3.8) is 0 Å². The fourth-order valence-corrected chi connectivity index (χ4v) is 5.68. The second-order valence-corrected chi connectivity index (χ2v) is 9.75. The quantitative estimate of drug-likeness (QED) is 0.671. The summed E-state index contributed by atoms with van der Waals surface area (Å²) in [7, 11) is -3.65. The van der Waals surface area contributed by atoms with Gasteiger partial charge in [-0.3, -0.25) is 4.79 Å². The third-order valence-electron chi connectivity index (χ3n) is 5.66. The van der Waals surface area contributed by atoms with Crippen LogP contribution in [0.25, 0.3) is 0 Å². The number of carbonyl (C=O) groups excluding carboxylic acids is 1. The molecular formula is C21H32N2O4S. The Morgan fingerprint density at radius 1 is 1.11 bits per heavy atom. The first kappa shape index (κ1) is 21.3. The number of rotatable bonds is 8. The molecule has 1 saturated heterocycles. The summed E-state index contributed by atoms with van der Waals surface area (Å²) in [5, 5.41) is 2.90. The van der Waals surface area contributed by atoms with Crippen molar-refractivity contribution in [3.05, 3.63) is 29.8 Å². The number of amides is 1. The zero-order valence-electron chi connectivity index (χ0n) is 16.7. The van der Waals surface area contributed by atoms with Crippen molar-refractivity contribution < 1.29 is 17.9 Å². The third-order valence-corrected chi connectivity index (χ3v) is 7.58. The Hall–Kier alpha value is -1.44. The minimum atomic E-state index is -3.65. The Balaban J connectivity index is 1.48. The summed E-state index contributed by atoms with van der Waals surface area (Å²) in [5.74, 6) is -0.203. The second kappa shape index (κ2) is 9.85. The minimum absolute atomic E-state index is 0.203. The van der Waals surface area contributed by atoms with Crippen LogP contribution in [0.15, 0.2) is 29.2 Å². The van der Waals surface area contributed by atoms with Crippen molar-refractivity contribution in [3.8, 4) is 0 Å². The summed E-state index contributed by atoms with van der Waals surface area (Å²) in [6.45, 7) is 3.46. The standard InChI is InChI=1S/C21H32N2O4S/c1-17-10-12-19(13-11-17)28(25,26)23-15-5-9-20(23)21(24)22-14-6-16-27-18-7-3-2-4-8-18/h10-13,18,20H,2-9,14-16H2,1H3,(H,22,24). The van der Waals surface area contributed by atoms with Crippen LogP contribution in [0, 0.1) is 6.92 Å². The third kappa shape index (κ3) is 5.33. The minimum Gasteiger partial charge on any atom is -0.378 e. The molecule has 0 aromatic heterocycles. The molecule has 1 N–H and O–H groups in total.